The normalized spacial score (nSPS) is 16.2. The second-order valence-electron chi connectivity index (χ2n) is 5.67. The quantitative estimate of drug-likeness (QED) is 0.333. The maximum atomic E-state index is 12.0. The molecule has 0 N–H and O–H groups in total. The lowest BCUT2D eigenvalue weighted by molar-refractivity contribution is 0.00345. The second-order valence-corrected chi connectivity index (χ2v) is 5.67. The third-order valence-corrected chi connectivity index (χ3v) is 4.14. The van der Waals surface area contributed by atoms with Crippen LogP contribution < -0.4 is 0 Å². The number of carbonyl (C=O) groups excluding carboxylic acids is 1. The second kappa shape index (κ2) is 8.52. The van der Waals surface area contributed by atoms with E-state index in [1.54, 1.807) is 12.1 Å². The smallest absolute Gasteiger partial charge is 0.195 e. The Morgan fingerprint density at radius 3 is 2.50 bits per heavy atom. The van der Waals surface area contributed by atoms with E-state index in [1.807, 2.05) is 30.3 Å². The van der Waals surface area contributed by atoms with Gasteiger partial charge < -0.3 is 4.90 Å². The molecule has 5 nitrogen and oxygen atoms in total. The van der Waals surface area contributed by atoms with Crippen LogP contribution in [-0.4, -0.2) is 60.5 Å². The Labute approximate surface area is 132 Å². The van der Waals surface area contributed by atoms with Gasteiger partial charge in [-0.1, -0.05) is 30.3 Å². The number of rotatable bonds is 7. The van der Waals surface area contributed by atoms with Gasteiger partial charge in [0.25, 0.3) is 0 Å². The molecule has 0 atom stereocenters. The fourth-order valence-corrected chi connectivity index (χ4v) is 2.71. The molecule has 0 saturated carbocycles. The van der Waals surface area contributed by atoms with Crippen molar-refractivity contribution in [1.82, 2.24) is 14.9 Å². The molecule has 118 valence electrons. The third kappa shape index (κ3) is 4.83. The number of nitriles is 1. The summed E-state index contributed by atoms with van der Waals surface area (Å²) in [7, 11) is 1.80. The van der Waals surface area contributed by atoms with Crippen LogP contribution in [0.1, 0.15) is 29.6 Å². The molecule has 1 aromatic carbocycles. The molecule has 1 fully saturated rings. The molecule has 0 bridgehead atoms. The van der Waals surface area contributed by atoms with Gasteiger partial charge in [-0.05, 0) is 19.4 Å². The number of carbonyl (C=O) groups is 1. The Balaban J connectivity index is 1.60. The van der Waals surface area contributed by atoms with Gasteiger partial charge in [0.05, 0.1) is 0 Å². The van der Waals surface area contributed by atoms with Crippen LogP contribution in [0, 0.1) is 11.5 Å². The van der Waals surface area contributed by atoms with Gasteiger partial charge in [-0.3, -0.25) is 4.79 Å². The van der Waals surface area contributed by atoms with E-state index in [2.05, 4.69) is 16.1 Å². The summed E-state index contributed by atoms with van der Waals surface area (Å²) < 4.78 is 0. The van der Waals surface area contributed by atoms with Crippen molar-refractivity contribution >= 4 is 5.78 Å². The van der Waals surface area contributed by atoms with Crippen LogP contribution in [0.5, 0.6) is 0 Å². The fourth-order valence-electron chi connectivity index (χ4n) is 2.71. The van der Waals surface area contributed by atoms with Crippen molar-refractivity contribution in [3.8, 4) is 6.19 Å². The van der Waals surface area contributed by atoms with Gasteiger partial charge in [-0.25, -0.2) is 10.0 Å². The molecule has 1 aromatic rings. The van der Waals surface area contributed by atoms with Crippen molar-refractivity contribution in [1.29, 1.82) is 5.26 Å². The molecule has 0 spiro atoms. The van der Waals surface area contributed by atoms with E-state index in [4.69, 9.17) is 5.26 Å². The first kappa shape index (κ1) is 16.5. The Morgan fingerprint density at radius 2 is 1.86 bits per heavy atom. The van der Waals surface area contributed by atoms with Gasteiger partial charge in [0.2, 0.25) is 0 Å². The molecule has 1 saturated heterocycles. The number of ketones is 1. The van der Waals surface area contributed by atoms with Crippen molar-refractivity contribution in [2.24, 2.45) is 0 Å². The lowest BCUT2D eigenvalue weighted by Gasteiger charge is -2.36. The highest BCUT2D eigenvalue weighted by molar-refractivity contribution is 5.95. The predicted molar refractivity (Wildman–Crippen MR) is 86.0 cm³/mol. The zero-order valence-electron chi connectivity index (χ0n) is 13.2. The minimum atomic E-state index is 0.237. The van der Waals surface area contributed by atoms with E-state index in [9.17, 15) is 4.79 Å². The molecular formula is C17H24N4O. The number of hydrazine groups is 1. The highest BCUT2D eigenvalue weighted by atomic mass is 16.1. The van der Waals surface area contributed by atoms with Crippen molar-refractivity contribution in [3.63, 3.8) is 0 Å². The molecule has 1 aliphatic rings. The average molecular weight is 300 g/mol. The van der Waals surface area contributed by atoms with Gasteiger partial charge in [0, 0.05) is 45.2 Å². The van der Waals surface area contributed by atoms with Crippen LogP contribution in [0.15, 0.2) is 30.3 Å². The zero-order valence-corrected chi connectivity index (χ0v) is 13.2. The summed E-state index contributed by atoms with van der Waals surface area (Å²) in [5, 5.41) is 12.5. The van der Waals surface area contributed by atoms with E-state index < -0.39 is 0 Å². The first-order valence-electron chi connectivity index (χ1n) is 7.89. The number of nitrogens with zero attached hydrogens (tertiary/aromatic N) is 4. The van der Waals surface area contributed by atoms with Crippen LogP contribution in [0.25, 0.3) is 0 Å². The van der Waals surface area contributed by atoms with E-state index in [0.29, 0.717) is 6.42 Å². The Morgan fingerprint density at radius 1 is 1.18 bits per heavy atom. The Kier molecular flexibility index (Phi) is 6.38. The van der Waals surface area contributed by atoms with Gasteiger partial charge in [0.15, 0.2) is 12.0 Å². The van der Waals surface area contributed by atoms with Crippen LogP contribution in [0.4, 0.5) is 0 Å². The van der Waals surface area contributed by atoms with E-state index >= 15 is 0 Å². The molecule has 22 heavy (non-hydrogen) atoms. The molecular weight excluding hydrogens is 276 g/mol. The summed E-state index contributed by atoms with van der Waals surface area (Å²) in [6.45, 7) is 4.80. The highest BCUT2D eigenvalue weighted by Gasteiger charge is 2.18. The number of piperazine rings is 1. The highest BCUT2D eigenvalue weighted by Crippen LogP contribution is 2.09. The molecule has 0 amide bonds. The number of hydrogen-bond donors (Lipinski definition) is 0. The molecule has 1 heterocycles. The summed E-state index contributed by atoms with van der Waals surface area (Å²) in [5.74, 6) is 0.237. The summed E-state index contributed by atoms with van der Waals surface area (Å²) >= 11 is 0. The van der Waals surface area contributed by atoms with Crippen LogP contribution in [0.2, 0.25) is 0 Å². The van der Waals surface area contributed by atoms with E-state index in [0.717, 1.165) is 51.1 Å². The molecule has 1 aliphatic heterocycles. The maximum Gasteiger partial charge on any atom is 0.195 e. The van der Waals surface area contributed by atoms with E-state index in [1.165, 1.54) is 0 Å². The summed E-state index contributed by atoms with van der Waals surface area (Å²) in [4.78, 5) is 14.4. The first-order valence-corrected chi connectivity index (χ1v) is 7.89. The minimum absolute atomic E-state index is 0.237. The average Bonchev–Trinajstić information content (AvgIpc) is 2.59. The zero-order chi connectivity index (χ0) is 15.8. The fraction of sp³-hybridized carbons (Fsp3) is 0.529. The number of benzene rings is 1. The number of Topliss-reactive ketones (excluding diaryl/α,β-unsaturated/α-hetero) is 1. The van der Waals surface area contributed by atoms with Crippen molar-refractivity contribution in [2.45, 2.75) is 19.3 Å². The van der Waals surface area contributed by atoms with Crippen LogP contribution in [-0.2, 0) is 0 Å². The standard InChI is InChI=1S/C17H24N4O/c1-19(15-18)21-13-11-20(12-14-21)10-6-5-9-17(22)16-7-3-2-4-8-16/h2-4,7-8H,5-6,9-14H2,1H3. The Bertz CT molecular complexity index is 503. The molecule has 2 rings (SSSR count). The number of unbranched alkanes of at least 4 members (excludes halogenated alkanes) is 1. The van der Waals surface area contributed by atoms with Gasteiger partial charge in [-0.2, -0.15) is 5.26 Å². The Hall–Kier alpha value is -1.90. The predicted octanol–water partition coefficient (Wildman–Crippen LogP) is 1.99. The van der Waals surface area contributed by atoms with Crippen LogP contribution >= 0.6 is 0 Å². The molecule has 0 aromatic heterocycles. The van der Waals surface area contributed by atoms with Gasteiger partial charge in [0.1, 0.15) is 0 Å². The molecule has 0 radical (unpaired) electrons. The lowest BCUT2D eigenvalue weighted by atomic mass is 10.1. The third-order valence-electron chi connectivity index (χ3n) is 4.14. The lowest BCUT2D eigenvalue weighted by Crippen LogP contribution is -2.51. The monoisotopic (exact) mass is 300 g/mol. The molecule has 0 aliphatic carbocycles. The minimum Gasteiger partial charge on any atom is -0.301 e. The van der Waals surface area contributed by atoms with Gasteiger partial charge >= 0.3 is 0 Å². The van der Waals surface area contributed by atoms with Gasteiger partial charge in [-0.15, -0.1) is 0 Å². The summed E-state index contributed by atoms with van der Waals surface area (Å²) in [6.07, 6.45) is 4.74. The largest absolute Gasteiger partial charge is 0.301 e. The van der Waals surface area contributed by atoms with Crippen molar-refractivity contribution in [2.75, 3.05) is 39.8 Å². The summed E-state index contributed by atoms with van der Waals surface area (Å²) in [6, 6.07) is 9.51. The van der Waals surface area contributed by atoms with E-state index in [-0.39, 0.29) is 5.78 Å². The van der Waals surface area contributed by atoms with Crippen LogP contribution in [0.3, 0.4) is 0 Å². The maximum absolute atomic E-state index is 12.0. The SMILES string of the molecule is CN(C#N)N1CCN(CCCCC(=O)c2ccccc2)CC1. The van der Waals surface area contributed by atoms with Crippen molar-refractivity contribution < 1.29 is 4.79 Å². The summed E-state index contributed by atoms with van der Waals surface area (Å²) in [5.41, 5.74) is 0.815. The van der Waals surface area contributed by atoms with Crippen molar-refractivity contribution in [3.05, 3.63) is 35.9 Å². The molecule has 0 unspecified atom stereocenters. The first-order chi connectivity index (χ1) is 10.7. The molecule has 5 heteroatoms. The number of hydrogen-bond acceptors (Lipinski definition) is 5. The topological polar surface area (TPSA) is 50.6 Å².